The van der Waals surface area contributed by atoms with E-state index in [0.29, 0.717) is 35.9 Å². The van der Waals surface area contributed by atoms with Crippen LogP contribution in [0.2, 0.25) is 0 Å². The number of hydrogen-bond acceptors (Lipinski definition) is 3. The van der Waals surface area contributed by atoms with Crippen LogP contribution in [0.4, 0.5) is 0 Å². The highest BCUT2D eigenvalue weighted by Gasteiger charge is 2.65. The molecule has 140 valence electrons. The second-order valence-corrected chi connectivity index (χ2v) is 8.96. The molecule has 0 saturated heterocycles. The topological polar surface area (TPSA) is 43.4 Å². The molecule has 3 heteroatoms. The van der Waals surface area contributed by atoms with Gasteiger partial charge in [0.1, 0.15) is 5.78 Å². The Morgan fingerprint density at radius 3 is 2.81 bits per heavy atom. The third-order valence-corrected chi connectivity index (χ3v) is 8.27. The second-order valence-electron chi connectivity index (χ2n) is 8.96. The summed E-state index contributed by atoms with van der Waals surface area (Å²) in [6, 6.07) is 0. The molecule has 0 aromatic rings. The third kappa shape index (κ3) is 2.34. The van der Waals surface area contributed by atoms with Crippen molar-refractivity contribution in [3.8, 4) is 12.3 Å². The van der Waals surface area contributed by atoms with E-state index in [1.165, 1.54) is 12.5 Å². The van der Waals surface area contributed by atoms with Crippen molar-refractivity contribution < 1.29 is 14.3 Å². The molecule has 4 aliphatic rings. The van der Waals surface area contributed by atoms with Gasteiger partial charge in [0, 0.05) is 25.2 Å². The molecule has 4 rings (SSSR count). The quantitative estimate of drug-likeness (QED) is 0.418. The van der Waals surface area contributed by atoms with Crippen molar-refractivity contribution in [3.63, 3.8) is 0 Å². The van der Waals surface area contributed by atoms with E-state index in [9.17, 15) is 9.59 Å². The van der Waals surface area contributed by atoms with Crippen LogP contribution in [0.3, 0.4) is 0 Å². The van der Waals surface area contributed by atoms with Gasteiger partial charge in [0.25, 0.3) is 0 Å². The van der Waals surface area contributed by atoms with Crippen molar-refractivity contribution in [1.29, 1.82) is 0 Å². The van der Waals surface area contributed by atoms with Gasteiger partial charge in [0.15, 0.2) is 5.60 Å². The molecule has 0 spiro atoms. The SMILES string of the molecule is C#C[C@]1(OC(C)=O)CC[C@H]2[C@@H]3CC=C4CC(=O)CC[C@@H]4[C@H]3CC[C@@]21CC. The predicted molar refractivity (Wildman–Crippen MR) is 100 cm³/mol. The summed E-state index contributed by atoms with van der Waals surface area (Å²) in [4.78, 5) is 23.7. The molecule has 0 N–H and O–H groups in total. The first-order chi connectivity index (χ1) is 12.5. The number of ether oxygens (including phenoxy) is 1. The van der Waals surface area contributed by atoms with Crippen molar-refractivity contribution in [3.05, 3.63) is 11.6 Å². The fraction of sp³-hybridized carbons (Fsp3) is 0.739. The van der Waals surface area contributed by atoms with Crippen LogP contribution < -0.4 is 0 Å². The maximum absolute atomic E-state index is 11.9. The largest absolute Gasteiger partial charge is 0.445 e. The molecular weight excluding hydrogens is 324 g/mol. The average Bonchev–Trinajstić information content (AvgIpc) is 2.95. The molecule has 3 saturated carbocycles. The molecule has 0 aromatic heterocycles. The Labute approximate surface area is 156 Å². The minimum Gasteiger partial charge on any atom is -0.445 e. The zero-order valence-electron chi connectivity index (χ0n) is 16.1. The molecule has 0 aliphatic heterocycles. The van der Waals surface area contributed by atoms with E-state index in [0.717, 1.165) is 51.4 Å². The number of carbonyl (C=O) groups is 2. The Morgan fingerprint density at radius 1 is 1.31 bits per heavy atom. The lowest BCUT2D eigenvalue weighted by atomic mass is 9.50. The number of carbonyl (C=O) groups excluding carboxylic acids is 2. The van der Waals surface area contributed by atoms with Gasteiger partial charge in [0.05, 0.1) is 0 Å². The summed E-state index contributed by atoms with van der Waals surface area (Å²) >= 11 is 0. The van der Waals surface area contributed by atoms with E-state index >= 15 is 0 Å². The summed E-state index contributed by atoms with van der Waals surface area (Å²) in [5.41, 5.74) is 0.605. The summed E-state index contributed by atoms with van der Waals surface area (Å²) in [6.07, 6.45) is 16.9. The number of rotatable bonds is 2. The van der Waals surface area contributed by atoms with Gasteiger partial charge in [-0.1, -0.05) is 24.5 Å². The fourth-order valence-electron chi connectivity index (χ4n) is 7.29. The Hall–Kier alpha value is -1.56. The van der Waals surface area contributed by atoms with Crippen LogP contribution in [-0.2, 0) is 14.3 Å². The molecule has 26 heavy (non-hydrogen) atoms. The minimum atomic E-state index is -0.726. The van der Waals surface area contributed by atoms with E-state index in [1.807, 2.05) is 0 Å². The molecule has 0 radical (unpaired) electrons. The van der Waals surface area contributed by atoms with E-state index < -0.39 is 5.60 Å². The van der Waals surface area contributed by atoms with Gasteiger partial charge >= 0.3 is 5.97 Å². The first-order valence-corrected chi connectivity index (χ1v) is 10.3. The molecule has 4 aliphatic carbocycles. The summed E-state index contributed by atoms with van der Waals surface area (Å²) in [5, 5.41) is 0. The maximum atomic E-state index is 11.9. The van der Waals surface area contributed by atoms with E-state index in [2.05, 4.69) is 18.9 Å². The molecule has 3 fully saturated rings. The van der Waals surface area contributed by atoms with Crippen LogP contribution >= 0.6 is 0 Å². The molecule has 0 bridgehead atoms. The summed E-state index contributed by atoms with van der Waals surface area (Å²) in [6.45, 7) is 3.70. The zero-order chi connectivity index (χ0) is 18.5. The van der Waals surface area contributed by atoms with Crippen molar-refractivity contribution in [2.75, 3.05) is 0 Å². The van der Waals surface area contributed by atoms with Gasteiger partial charge in [-0.3, -0.25) is 9.59 Å². The van der Waals surface area contributed by atoms with Crippen molar-refractivity contribution >= 4 is 11.8 Å². The first kappa shape index (κ1) is 17.8. The Balaban J connectivity index is 1.68. The zero-order valence-corrected chi connectivity index (χ0v) is 16.1. The van der Waals surface area contributed by atoms with Gasteiger partial charge in [-0.2, -0.15) is 0 Å². The molecule has 3 nitrogen and oxygen atoms in total. The van der Waals surface area contributed by atoms with Crippen molar-refractivity contribution in [2.45, 2.75) is 77.2 Å². The third-order valence-electron chi connectivity index (χ3n) is 8.27. The number of ketones is 1. The number of Topliss-reactive ketones (excluding diaryl/α,β-unsaturated/α-hetero) is 1. The molecule has 0 unspecified atom stereocenters. The first-order valence-electron chi connectivity index (χ1n) is 10.3. The minimum absolute atomic E-state index is 0.0790. The summed E-state index contributed by atoms with van der Waals surface area (Å²) < 4.78 is 5.88. The Morgan fingerprint density at radius 2 is 2.12 bits per heavy atom. The van der Waals surface area contributed by atoms with Gasteiger partial charge in [-0.25, -0.2) is 0 Å². The van der Waals surface area contributed by atoms with Crippen molar-refractivity contribution in [2.24, 2.45) is 29.1 Å². The van der Waals surface area contributed by atoms with Gasteiger partial charge < -0.3 is 4.74 Å². The highest BCUT2D eigenvalue weighted by atomic mass is 16.6. The predicted octanol–water partition coefficient (Wildman–Crippen LogP) is 4.45. The summed E-state index contributed by atoms with van der Waals surface area (Å²) in [7, 11) is 0. The van der Waals surface area contributed by atoms with Crippen LogP contribution in [0.5, 0.6) is 0 Å². The molecule has 0 heterocycles. The number of terminal acetylenes is 1. The van der Waals surface area contributed by atoms with E-state index in [1.54, 1.807) is 0 Å². The second kappa shape index (κ2) is 6.25. The lowest BCUT2D eigenvalue weighted by molar-refractivity contribution is -0.170. The van der Waals surface area contributed by atoms with Gasteiger partial charge in [-0.15, -0.1) is 6.42 Å². The normalized spacial score (nSPS) is 44.2. The average molecular weight is 354 g/mol. The maximum Gasteiger partial charge on any atom is 0.304 e. The highest BCUT2D eigenvalue weighted by molar-refractivity contribution is 5.82. The Kier molecular flexibility index (Phi) is 4.29. The fourth-order valence-corrected chi connectivity index (χ4v) is 7.29. The standard InChI is InChI=1S/C23H30O3/c1-4-22-12-10-19-18-9-7-17(25)14-16(18)6-8-20(19)21(22)11-13-23(22,5-2)26-15(3)24/h2,6,18-21H,4,7-14H2,1,3H3/t18-,19+,20+,21-,22-,23-/m0/s1. The van der Waals surface area contributed by atoms with Crippen LogP contribution in [0, 0.1) is 41.4 Å². The van der Waals surface area contributed by atoms with Gasteiger partial charge in [0.2, 0.25) is 0 Å². The van der Waals surface area contributed by atoms with Gasteiger partial charge in [-0.05, 0) is 68.6 Å². The number of esters is 1. The van der Waals surface area contributed by atoms with E-state index in [-0.39, 0.29) is 11.4 Å². The molecule has 0 aromatic carbocycles. The van der Waals surface area contributed by atoms with Crippen LogP contribution in [0.1, 0.15) is 71.6 Å². The number of fused-ring (bicyclic) bond motifs is 5. The monoisotopic (exact) mass is 354 g/mol. The highest BCUT2D eigenvalue weighted by Crippen LogP contribution is 2.66. The van der Waals surface area contributed by atoms with Crippen molar-refractivity contribution in [1.82, 2.24) is 0 Å². The molecular formula is C23H30O3. The number of allylic oxidation sites excluding steroid dienone is 2. The van der Waals surface area contributed by atoms with Crippen LogP contribution in [0.25, 0.3) is 0 Å². The van der Waals surface area contributed by atoms with Crippen LogP contribution in [0.15, 0.2) is 11.6 Å². The van der Waals surface area contributed by atoms with Crippen LogP contribution in [-0.4, -0.2) is 17.4 Å². The lowest BCUT2D eigenvalue weighted by Gasteiger charge is -2.55. The Bertz CT molecular complexity index is 699. The lowest BCUT2D eigenvalue weighted by Crippen LogP contribution is -2.54. The molecule has 0 amide bonds. The smallest absolute Gasteiger partial charge is 0.304 e. The number of hydrogen-bond donors (Lipinski definition) is 0. The van der Waals surface area contributed by atoms with E-state index in [4.69, 9.17) is 11.2 Å². The summed E-state index contributed by atoms with van der Waals surface area (Å²) in [5.74, 6) is 5.53. The molecule has 6 atom stereocenters.